The van der Waals surface area contributed by atoms with Gasteiger partial charge < -0.3 is 10.1 Å². The lowest BCUT2D eigenvalue weighted by molar-refractivity contribution is 0.111. The minimum Gasteiger partial charge on any atom is -0.380 e. The zero-order valence-electron chi connectivity index (χ0n) is 12.8. The second-order valence-electron chi connectivity index (χ2n) is 4.84. The number of hydrogen-bond donors (Lipinski definition) is 1. The van der Waals surface area contributed by atoms with E-state index in [2.05, 4.69) is 48.3 Å². The maximum atomic E-state index is 5.44. The fourth-order valence-electron chi connectivity index (χ4n) is 2.14. The Hall–Kier alpha value is -0.900. The molecule has 1 rings (SSSR count). The van der Waals surface area contributed by atoms with Crippen LogP contribution in [0.2, 0.25) is 0 Å². The van der Waals surface area contributed by atoms with E-state index in [0.717, 1.165) is 32.8 Å². The van der Waals surface area contributed by atoms with Crippen LogP contribution in [0, 0.1) is 6.92 Å². The fraction of sp³-hybridized carbons (Fsp3) is 0.625. The summed E-state index contributed by atoms with van der Waals surface area (Å²) in [5.41, 5.74) is 2.66. The lowest BCUT2D eigenvalue weighted by Gasteiger charge is -2.26. The quantitative estimate of drug-likeness (QED) is 0.694. The van der Waals surface area contributed by atoms with E-state index >= 15 is 0 Å². The van der Waals surface area contributed by atoms with Crippen molar-refractivity contribution in [2.24, 2.45) is 0 Å². The fourth-order valence-corrected chi connectivity index (χ4v) is 2.14. The Morgan fingerprint density at radius 2 is 1.89 bits per heavy atom. The maximum Gasteiger partial charge on any atom is 0.0593 e. The first kappa shape index (κ1) is 16.2. The summed E-state index contributed by atoms with van der Waals surface area (Å²) in [6, 6.07) is 9.16. The number of nitrogens with one attached hydrogen (secondary N) is 1. The van der Waals surface area contributed by atoms with Gasteiger partial charge in [0.05, 0.1) is 6.61 Å². The maximum absolute atomic E-state index is 5.44. The summed E-state index contributed by atoms with van der Waals surface area (Å²) < 4.78 is 5.44. The molecule has 1 unspecified atom stereocenters. The van der Waals surface area contributed by atoms with Crippen molar-refractivity contribution >= 4 is 0 Å². The highest BCUT2D eigenvalue weighted by molar-refractivity contribution is 5.24. The van der Waals surface area contributed by atoms with Crippen LogP contribution in [-0.2, 0) is 4.74 Å². The van der Waals surface area contributed by atoms with Crippen LogP contribution < -0.4 is 5.32 Å². The van der Waals surface area contributed by atoms with Gasteiger partial charge in [0.25, 0.3) is 0 Å². The van der Waals surface area contributed by atoms with E-state index in [9.17, 15) is 0 Å². The minimum absolute atomic E-state index is 0.377. The van der Waals surface area contributed by atoms with Crippen LogP contribution in [0.4, 0.5) is 0 Å². The van der Waals surface area contributed by atoms with E-state index in [1.165, 1.54) is 11.1 Å². The molecule has 1 N–H and O–H groups in total. The third-order valence-electron chi connectivity index (χ3n) is 3.47. The molecule has 1 atom stereocenters. The molecule has 0 radical (unpaired) electrons. The van der Waals surface area contributed by atoms with Crippen molar-refractivity contribution in [2.75, 3.05) is 39.9 Å². The molecule has 3 heteroatoms. The van der Waals surface area contributed by atoms with E-state index in [4.69, 9.17) is 4.74 Å². The summed E-state index contributed by atoms with van der Waals surface area (Å²) >= 11 is 0. The Bertz CT molecular complexity index is 337. The highest BCUT2D eigenvalue weighted by Crippen LogP contribution is 2.14. The predicted octanol–water partition coefficient (Wildman–Crippen LogP) is 2.61. The zero-order chi connectivity index (χ0) is 14.1. The van der Waals surface area contributed by atoms with Gasteiger partial charge in [0.2, 0.25) is 0 Å². The van der Waals surface area contributed by atoms with E-state index in [-0.39, 0.29) is 0 Å². The highest BCUT2D eigenvalue weighted by Gasteiger charge is 2.13. The van der Waals surface area contributed by atoms with E-state index in [1.54, 1.807) is 0 Å². The van der Waals surface area contributed by atoms with Gasteiger partial charge in [-0.15, -0.1) is 0 Å². The van der Waals surface area contributed by atoms with Gasteiger partial charge in [-0.1, -0.05) is 36.8 Å². The largest absolute Gasteiger partial charge is 0.380 e. The number of ether oxygens (including phenoxy) is 1. The SMILES string of the molecule is CCOCCN(CC)CC(NC)c1ccc(C)cc1. The number of hydrogen-bond acceptors (Lipinski definition) is 3. The van der Waals surface area contributed by atoms with Gasteiger partial charge in [-0.05, 0) is 33.0 Å². The first-order valence-electron chi connectivity index (χ1n) is 7.25. The van der Waals surface area contributed by atoms with Crippen molar-refractivity contribution in [3.8, 4) is 0 Å². The van der Waals surface area contributed by atoms with E-state index in [0.29, 0.717) is 6.04 Å². The first-order chi connectivity index (χ1) is 9.21. The summed E-state index contributed by atoms with van der Waals surface area (Å²) in [4.78, 5) is 2.43. The van der Waals surface area contributed by atoms with Crippen LogP contribution in [0.5, 0.6) is 0 Å². The van der Waals surface area contributed by atoms with Crippen molar-refractivity contribution in [2.45, 2.75) is 26.8 Å². The van der Waals surface area contributed by atoms with Crippen molar-refractivity contribution in [1.82, 2.24) is 10.2 Å². The molecule has 1 aromatic rings. The predicted molar refractivity (Wildman–Crippen MR) is 81.6 cm³/mol. The first-order valence-corrected chi connectivity index (χ1v) is 7.25. The molecule has 0 aliphatic carbocycles. The number of aryl methyl sites for hydroxylation is 1. The zero-order valence-corrected chi connectivity index (χ0v) is 12.8. The Labute approximate surface area is 118 Å². The van der Waals surface area contributed by atoms with Gasteiger partial charge in [0.1, 0.15) is 0 Å². The van der Waals surface area contributed by atoms with Crippen molar-refractivity contribution in [3.05, 3.63) is 35.4 Å². The average Bonchev–Trinajstić information content (AvgIpc) is 2.44. The Morgan fingerprint density at radius 1 is 1.21 bits per heavy atom. The van der Waals surface area contributed by atoms with Gasteiger partial charge in [-0.3, -0.25) is 4.90 Å². The molecule has 3 nitrogen and oxygen atoms in total. The summed E-state index contributed by atoms with van der Waals surface area (Å²) in [6.07, 6.45) is 0. The van der Waals surface area contributed by atoms with Crippen molar-refractivity contribution < 1.29 is 4.74 Å². The van der Waals surface area contributed by atoms with E-state index in [1.807, 2.05) is 14.0 Å². The minimum atomic E-state index is 0.377. The average molecular weight is 264 g/mol. The lowest BCUT2D eigenvalue weighted by atomic mass is 10.0. The van der Waals surface area contributed by atoms with Gasteiger partial charge in [0, 0.05) is 25.7 Å². The molecular weight excluding hydrogens is 236 g/mol. The lowest BCUT2D eigenvalue weighted by Crippen LogP contribution is -2.35. The van der Waals surface area contributed by atoms with Gasteiger partial charge >= 0.3 is 0 Å². The van der Waals surface area contributed by atoms with Crippen LogP contribution in [-0.4, -0.2) is 44.8 Å². The van der Waals surface area contributed by atoms with Crippen LogP contribution in [0.15, 0.2) is 24.3 Å². The van der Waals surface area contributed by atoms with Crippen LogP contribution in [0.25, 0.3) is 0 Å². The molecule has 0 saturated heterocycles. The molecule has 0 fully saturated rings. The van der Waals surface area contributed by atoms with Gasteiger partial charge in [-0.2, -0.15) is 0 Å². The van der Waals surface area contributed by atoms with Crippen molar-refractivity contribution in [3.63, 3.8) is 0 Å². The third kappa shape index (κ3) is 5.72. The summed E-state index contributed by atoms with van der Waals surface area (Å²) in [5, 5.41) is 3.41. The third-order valence-corrected chi connectivity index (χ3v) is 3.47. The molecule has 0 aliphatic rings. The molecule has 0 heterocycles. The molecule has 0 bridgehead atoms. The summed E-state index contributed by atoms with van der Waals surface area (Å²) in [6.45, 7) is 11.0. The molecule has 0 spiro atoms. The monoisotopic (exact) mass is 264 g/mol. The molecule has 0 saturated carbocycles. The highest BCUT2D eigenvalue weighted by atomic mass is 16.5. The Balaban J connectivity index is 2.56. The van der Waals surface area contributed by atoms with Gasteiger partial charge in [-0.25, -0.2) is 0 Å². The molecule has 19 heavy (non-hydrogen) atoms. The molecule has 1 aromatic carbocycles. The van der Waals surface area contributed by atoms with Gasteiger partial charge in [0.15, 0.2) is 0 Å². The number of benzene rings is 1. The second kappa shape index (κ2) is 9.08. The molecular formula is C16H28N2O. The van der Waals surface area contributed by atoms with Crippen molar-refractivity contribution in [1.29, 1.82) is 0 Å². The summed E-state index contributed by atoms with van der Waals surface area (Å²) in [7, 11) is 2.03. The Morgan fingerprint density at radius 3 is 2.42 bits per heavy atom. The molecule has 0 amide bonds. The normalized spacial score (nSPS) is 12.9. The van der Waals surface area contributed by atoms with Crippen LogP contribution in [0.1, 0.15) is 31.0 Å². The smallest absolute Gasteiger partial charge is 0.0593 e. The number of likely N-dealkylation sites (N-methyl/N-ethyl adjacent to an activating group) is 2. The molecule has 108 valence electrons. The Kier molecular flexibility index (Phi) is 7.72. The standard InChI is InChI=1S/C16H28N2O/c1-5-18(11-12-19-6-2)13-16(17-4)15-9-7-14(3)8-10-15/h7-10,16-17H,5-6,11-13H2,1-4H3. The second-order valence-corrected chi connectivity index (χ2v) is 4.84. The molecule has 0 aliphatic heterocycles. The molecule has 0 aromatic heterocycles. The number of nitrogens with zero attached hydrogens (tertiary/aromatic N) is 1. The van der Waals surface area contributed by atoms with Crippen LogP contribution in [0.3, 0.4) is 0 Å². The summed E-state index contributed by atoms with van der Waals surface area (Å²) in [5.74, 6) is 0. The van der Waals surface area contributed by atoms with Crippen LogP contribution >= 0.6 is 0 Å². The number of rotatable bonds is 9. The van der Waals surface area contributed by atoms with E-state index < -0.39 is 0 Å². The topological polar surface area (TPSA) is 24.5 Å².